The van der Waals surface area contributed by atoms with E-state index in [4.69, 9.17) is 0 Å². The van der Waals surface area contributed by atoms with Crippen LogP contribution in [0.15, 0.2) is 54.7 Å². The predicted octanol–water partition coefficient (Wildman–Crippen LogP) is 3.95. The smallest absolute Gasteiger partial charge is 0.224 e. The fraction of sp³-hybridized carbons (Fsp3) is 0.286. The summed E-state index contributed by atoms with van der Waals surface area (Å²) < 4.78 is 15.5. The Morgan fingerprint density at radius 2 is 1.92 bits per heavy atom. The summed E-state index contributed by atoms with van der Waals surface area (Å²) in [5, 5.41) is 4.09. The van der Waals surface area contributed by atoms with Crippen molar-refractivity contribution in [2.75, 3.05) is 6.54 Å². The number of nitrogens with zero attached hydrogens (tertiary/aromatic N) is 1. The number of carbonyl (C=O) groups excluding carboxylic acids is 1. The summed E-state index contributed by atoms with van der Waals surface area (Å²) in [6.45, 7) is 4.46. The van der Waals surface area contributed by atoms with Gasteiger partial charge in [-0.2, -0.15) is 0 Å². The van der Waals surface area contributed by atoms with Crippen molar-refractivity contribution in [3.63, 3.8) is 0 Å². The molecule has 0 aliphatic carbocycles. The second-order valence-corrected chi connectivity index (χ2v) is 7.13. The van der Waals surface area contributed by atoms with Crippen molar-refractivity contribution < 1.29 is 9.18 Å². The van der Waals surface area contributed by atoms with Crippen LogP contribution in [-0.2, 0) is 23.7 Å². The van der Waals surface area contributed by atoms with Gasteiger partial charge in [-0.15, -0.1) is 0 Å². The second kappa shape index (κ2) is 6.71. The molecule has 0 aliphatic rings. The molecule has 4 heteroatoms. The Morgan fingerprint density at radius 3 is 2.68 bits per heavy atom. The maximum atomic E-state index is 13.4. The summed E-state index contributed by atoms with van der Waals surface area (Å²) in [5.74, 6) is -0.284. The first-order chi connectivity index (χ1) is 11.9. The Morgan fingerprint density at radius 1 is 1.16 bits per heavy atom. The Labute approximate surface area is 147 Å². The van der Waals surface area contributed by atoms with Gasteiger partial charge in [-0.1, -0.05) is 44.2 Å². The number of benzene rings is 2. The van der Waals surface area contributed by atoms with Crippen LogP contribution >= 0.6 is 0 Å². The number of hydrogen-bond donors (Lipinski definition) is 1. The Bertz CT molecular complexity index is 911. The molecule has 0 radical (unpaired) electrons. The number of rotatable bonds is 5. The van der Waals surface area contributed by atoms with Crippen molar-refractivity contribution in [2.45, 2.75) is 25.7 Å². The largest absolute Gasteiger partial charge is 0.355 e. The lowest BCUT2D eigenvalue weighted by Gasteiger charge is -2.25. The van der Waals surface area contributed by atoms with Gasteiger partial charge in [0.25, 0.3) is 0 Å². The second-order valence-electron chi connectivity index (χ2n) is 7.13. The summed E-state index contributed by atoms with van der Waals surface area (Å²) >= 11 is 0. The van der Waals surface area contributed by atoms with E-state index in [2.05, 4.69) is 5.32 Å². The van der Waals surface area contributed by atoms with Gasteiger partial charge in [-0.3, -0.25) is 4.79 Å². The van der Waals surface area contributed by atoms with Crippen LogP contribution in [0.4, 0.5) is 4.39 Å². The molecule has 3 aromatic rings. The Balaban J connectivity index is 1.68. The van der Waals surface area contributed by atoms with Crippen molar-refractivity contribution in [3.05, 3.63) is 71.7 Å². The number of aryl methyl sites for hydroxylation is 1. The third kappa shape index (κ3) is 3.73. The number of para-hydroxylation sites is 1. The van der Waals surface area contributed by atoms with Crippen LogP contribution in [0.3, 0.4) is 0 Å². The van der Waals surface area contributed by atoms with Crippen LogP contribution in [0.2, 0.25) is 0 Å². The summed E-state index contributed by atoms with van der Waals surface area (Å²) in [4.78, 5) is 12.4. The van der Waals surface area contributed by atoms with Gasteiger partial charge in [0.05, 0.1) is 6.42 Å². The zero-order valence-corrected chi connectivity index (χ0v) is 14.8. The molecule has 1 N–H and O–H groups in total. The highest BCUT2D eigenvalue weighted by atomic mass is 19.1. The fourth-order valence-electron chi connectivity index (χ4n) is 3.13. The van der Waals surface area contributed by atoms with Crippen LogP contribution in [-0.4, -0.2) is 17.0 Å². The molecule has 0 fully saturated rings. The zero-order chi connectivity index (χ0) is 18.0. The number of nitrogens with one attached hydrogen (secondary N) is 1. The minimum absolute atomic E-state index is 0.0270. The van der Waals surface area contributed by atoms with E-state index in [1.165, 1.54) is 12.1 Å². The molecule has 0 atom stereocenters. The number of hydrogen-bond acceptors (Lipinski definition) is 1. The van der Waals surface area contributed by atoms with E-state index < -0.39 is 0 Å². The zero-order valence-electron chi connectivity index (χ0n) is 14.8. The molecule has 0 unspecified atom stereocenters. The molecule has 130 valence electrons. The van der Waals surface area contributed by atoms with E-state index in [9.17, 15) is 9.18 Å². The molecule has 1 amide bonds. The number of amides is 1. The van der Waals surface area contributed by atoms with Gasteiger partial charge in [0.1, 0.15) is 5.82 Å². The van der Waals surface area contributed by atoms with Crippen molar-refractivity contribution in [2.24, 2.45) is 7.05 Å². The Kier molecular flexibility index (Phi) is 4.62. The highest BCUT2D eigenvalue weighted by Crippen LogP contribution is 2.23. The predicted molar refractivity (Wildman–Crippen MR) is 99.1 cm³/mol. The van der Waals surface area contributed by atoms with Gasteiger partial charge in [-0.25, -0.2) is 4.39 Å². The SMILES string of the molecule is Cn1cc(CC(=O)NCC(C)(C)c2cccc(F)c2)c2ccccc21. The highest BCUT2D eigenvalue weighted by molar-refractivity contribution is 5.89. The van der Waals surface area contributed by atoms with Gasteiger partial charge in [0, 0.05) is 36.1 Å². The topological polar surface area (TPSA) is 34.0 Å². The van der Waals surface area contributed by atoms with E-state index in [-0.39, 0.29) is 17.1 Å². The van der Waals surface area contributed by atoms with Gasteiger partial charge < -0.3 is 9.88 Å². The molecule has 0 saturated heterocycles. The summed E-state index contributed by atoms with van der Waals surface area (Å²) in [6, 6.07) is 14.6. The molecule has 1 heterocycles. The lowest BCUT2D eigenvalue weighted by Crippen LogP contribution is -2.37. The van der Waals surface area contributed by atoms with Crippen molar-refractivity contribution in [3.8, 4) is 0 Å². The number of aromatic nitrogens is 1. The van der Waals surface area contributed by atoms with Crippen LogP contribution < -0.4 is 5.32 Å². The van der Waals surface area contributed by atoms with Crippen LogP contribution in [0.5, 0.6) is 0 Å². The fourth-order valence-corrected chi connectivity index (χ4v) is 3.13. The van der Waals surface area contributed by atoms with Crippen molar-refractivity contribution >= 4 is 16.8 Å². The first kappa shape index (κ1) is 17.2. The molecule has 0 saturated carbocycles. The molecule has 0 aliphatic heterocycles. The molecular formula is C21H23FN2O. The summed E-state index contributed by atoms with van der Waals surface area (Å²) in [5.41, 5.74) is 2.67. The third-order valence-electron chi connectivity index (χ3n) is 4.66. The van der Waals surface area contributed by atoms with E-state index >= 15 is 0 Å². The van der Waals surface area contributed by atoms with Crippen LogP contribution in [0, 0.1) is 5.82 Å². The van der Waals surface area contributed by atoms with Gasteiger partial charge in [-0.05, 0) is 29.3 Å². The highest BCUT2D eigenvalue weighted by Gasteiger charge is 2.22. The summed E-state index contributed by atoms with van der Waals surface area (Å²) in [6.07, 6.45) is 2.34. The lowest BCUT2D eigenvalue weighted by atomic mass is 9.84. The van der Waals surface area contributed by atoms with E-state index in [1.807, 2.05) is 62.0 Å². The lowest BCUT2D eigenvalue weighted by molar-refractivity contribution is -0.120. The number of carbonyl (C=O) groups is 1. The van der Waals surface area contributed by atoms with Crippen molar-refractivity contribution in [1.29, 1.82) is 0 Å². The Hall–Kier alpha value is -2.62. The minimum Gasteiger partial charge on any atom is -0.355 e. The van der Waals surface area contributed by atoms with E-state index in [0.29, 0.717) is 13.0 Å². The molecule has 3 rings (SSSR count). The van der Waals surface area contributed by atoms with Crippen molar-refractivity contribution in [1.82, 2.24) is 9.88 Å². The molecule has 1 aromatic heterocycles. The quantitative estimate of drug-likeness (QED) is 0.751. The van der Waals surface area contributed by atoms with Gasteiger partial charge >= 0.3 is 0 Å². The first-order valence-corrected chi connectivity index (χ1v) is 8.42. The normalized spacial score (nSPS) is 11.7. The van der Waals surface area contributed by atoms with Crippen LogP contribution in [0.1, 0.15) is 25.0 Å². The summed E-state index contributed by atoms with van der Waals surface area (Å²) in [7, 11) is 1.98. The average molecular weight is 338 g/mol. The molecule has 2 aromatic carbocycles. The van der Waals surface area contributed by atoms with Crippen LogP contribution in [0.25, 0.3) is 10.9 Å². The monoisotopic (exact) mass is 338 g/mol. The minimum atomic E-state index is -0.337. The maximum absolute atomic E-state index is 13.4. The first-order valence-electron chi connectivity index (χ1n) is 8.42. The standard InChI is InChI=1S/C21H23FN2O/c1-21(2,16-7-6-8-17(22)12-16)14-23-20(25)11-15-13-24(3)19-10-5-4-9-18(15)19/h4-10,12-13H,11,14H2,1-3H3,(H,23,25). The molecule has 25 heavy (non-hydrogen) atoms. The number of halogens is 1. The van der Waals surface area contributed by atoms with Gasteiger partial charge in [0.2, 0.25) is 5.91 Å². The number of fused-ring (bicyclic) bond motifs is 1. The van der Waals surface area contributed by atoms with Gasteiger partial charge in [0.15, 0.2) is 0 Å². The maximum Gasteiger partial charge on any atom is 0.224 e. The molecule has 0 spiro atoms. The van der Waals surface area contributed by atoms with E-state index in [0.717, 1.165) is 22.0 Å². The third-order valence-corrected chi connectivity index (χ3v) is 4.66. The molecule has 3 nitrogen and oxygen atoms in total. The van der Waals surface area contributed by atoms with E-state index in [1.54, 1.807) is 6.07 Å². The molecular weight excluding hydrogens is 315 g/mol. The molecule has 0 bridgehead atoms. The average Bonchev–Trinajstić information content (AvgIpc) is 2.90.